The van der Waals surface area contributed by atoms with Crippen molar-refractivity contribution in [3.8, 4) is 0 Å². The summed E-state index contributed by atoms with van der Waals surface area (Å²) in [6.45, 7) is 4.03. The number of morpholine rings is 1. The molecule has 152 valence electrons. The molecule has 7 nitrogen and oxygen atoms in total. The van der Waals surface area contributed by atoms with Gasteiger partial charge in [0.25, 0.3) is 5.91 Å². The van der Waals surface area contributed by atoms with Crippen molar-refractivity contribution in [1.29, 1.82) is 0 Å². The van der Waals surface area contributed by atoms with Gasteiger partial charge < -0.3 is 25.0 Å². The van der Waals surface area contributed by atoms with Crippen molar-refractivity contribution < 1.29 is 19.1 Å². The molecular weight excluding hydrogens is 358 g/mol. The zero-order valence-electron chi connectivity index (χ0n) is 16.2. The molecule has 1 unspecified atom stereocenters. The Labute approximate surface area is 165 Å². The summed E-state index contributed by atoms with van der Waals surface area (Å²) in [7, 11) is 0. The van der Waals surface area contributed by atoms with Crippen molar-refractivity contribution in [2.45, 2.75) is 38.2 Å². The van der Waals surface area contributed by atoms with Crippen LogP contribution in [0.15, 0.2) is 18.2 Å². The summed E-state index contributed by atoms with van der Waals surface area (Å²) in [5, 5.41) is 6.03. The topological polar surface area (TPSA) is 79.9 Å². The van der Waals surface area contributed by atoms with Gasteiger partial charge in [-0.05, 0) is 43.9 Å². The molecule has 2 amide bonds. The number of hydrogen-bond donors (Lipinski definition) is 2. The molecule has 2 N–H and O–H groups in total. The largest absolute Gasteiger partial charge is 0.378 e. The van der Waals surface area contributed by atoms with Crippen LogP contribution in [0.3, 0.4) is 0 Å². The van der Waals surface area contributed by atoms with Crippen LogP contribution in [-0.2, 0) is 14.3 Å². The third-order valence-corrected chi connectivity index (χ3v) is 5.85. The summed E-state index contributed by atoms with van der Waals surface area (Å²) < 4.78 is 11.1. The van der Waals surface area contributed by atoms with Gasteiger partial charge in [0.2, 0.25) is 5.91 Å². The lowest BCUT2D eigenvalue weighted by Crippen LogP contribution is -2.38. The zero-order chi connectivity index (χ0) is 19.3. The predicted molar refractivity (Wildman–Crippen MR) is 107 cm³/mol. The first-order valence-electron chi connectivity index (χ1n) is 10.4. The number of nitrogens with zero attached hydrogens (tertiary/aromatic N) is 1. The van der Waals surface area contributed by atoms with Crippen LogP contribution in [0.25, 0.3) is 0 Å². The molecule has 3 aliphatic rings. The van der Waals surface area contributed by atoms with E-state index in [9.17, 15) is 9.59 Å². The van der Waals surface area contributed by atoms with E-state index >= 15 is 0 Å². The lowest BCUT2D eigenvalue weighted by molar-refractivity contribution is -0.122. The Morgan fingerprint density at radius 2 is 1.89 bits per heavy atom. The molecule has 0 spiro atoms. The van der Waals surface area contributed by atoms with Crippen molar-refractivity contribution in [2.75, 3.05) is 49.7 Å². The molecule has 28 heavy (non-hydrogen) atoms. The van der Waals surface area contributed by atoms with E-state index in [2.05, 4.69) is 15.5 Å². The molecular formula is C21H29N3O4. The highest BCUT2D eigenvalue weighted by molar-refractivity contribution is 6.01. The number of amides is 2. The molecule has 1 aliphatic carbocycles. The van der Waals surface area contributed by atoms with Crippen LogP contribution in [0.5, 0.6) is 0 Å². The van der Waals surface area contributed by atoms with Gasteiger partial charge in [-0.2, -0.15) is 0 Å². The summed E-state index contributed by atoms with van der Waals surface area (Å²) in [6, 6.07) is 5.55. The number of carbonyl (C=O) groups excluding carboxylic acids is 2. The van der Waals surface area contributed by atoms with Gasteiger partial charge in [-0.15, -0.1) is 0 Å². The van der Waals surface area contributed by atoms with Crippen LogP contribution >= 0.6 is 0 Å². The predicted octanol–water partition coefficient (Wildman–Crippen LogP) is 2.17. The number of nitrogens with one attached hydrogen (secondary N) is 2. The molecule has 1 atom stereocenters. The number of benzene rings is 1. The summed E-state index contributed by atoms with van der Waals surface area (Å²) in [6.07, 6.45) is 5.20. The van der Waals surface area contributed by atoms with Crippen LogP contribution in [0.2, 0.25) is 0 Å². The molecule has 7 heteroatoms. The van der Waals surface area contributed by atoms with Gasteiger partial charge >= 0.3 is 0 Å². The van der Waals surface area contributed by atoms with E-state index in [0.717, 1.165) is 63.2 Å². The lowest BCUT2D eigenvalue weighted by atomic mass is 9.85. The van der Waals surface area contributed by atoms with Crippen LogP contribution in [-0.4, -0.2) is 57.4 Å². The molecule has 1 aromatic carbocycles. The highest BCUT2D eigenvalue weighted by atomic mass is 16.5. The molecule has 1 saturated carbocycles. The number of rotatable bonds is 6. The maximum atomic E-state index is 12.9. The van der Waals surface area contributed by atoms with E-state index < -0.39 is 0 Å². The van der Waals surface area contributed by atoms with E-state index in [-0.39, 0.29) is 23.8 Å². The van der Waals surface area contributed by atoms with Gasteiger partial charge in [0.15, 0.2) is 0 Å². The molecule has 0 bridgehead atoms. The Bertz CT molecular complexity index is 708. The average Bonchev–Trinajstić information content (AvgIpc) is 3.19. The van der Waals surface area contributed by atoms with Crippen LogP contribution in [0, 0.1) is 5.92 Å². The molecule has 3 fully saturated rings. The number of ether oxygens (including phenoxy) is 2. The maximum Gasteiger partial charge on any atom is 0.253 e. The molecule has 2 saturated heterocycles. The normalized spacial score (nSPS) is 22.6. The van der Waals surface area contributed by atoms with Crippen LogP contribution in [0.1, 0.15) is 42.5 Å². The van der Waals surface area contributed by atoms with Crippen molar-refractivity contribution in [3.63, 3.8) is 0 Å². The van der Waals surface area contributed by atoms with E-state index in [4.69, 9.17) is 9.47 Å². The zero-order valence-corrected chi connectivity index (χ0v) is 16.2. The van der Waals surface area contributed by atoms with Crippen molar-refractivity contribution in [3.05, 3.63) is 23.8 Å². The number of carbonyl (C=O) groups is 2. The van der Waals surface area contributed by atoms with E-state index in [1.807, 2.05) is 18.2 Å². The number of hydrogen-bond acceptors (Lipinski definition) is 5. The first kappa shape index (κ1) is 19.2. The highest BCUT2D eigenvalue weighted by Crippen LogP contribution is 2.30. The van der Waals surface area contributed by atoms with Gasteiger partial charge in [0, 0.05) is 37.8 Å². The highest BCUT2D eigenvalue weighted by Gasteiger charge is 2.26. The second-order valence-corrected chi connectivity index (χ2v) is 7.79. The van der Waals surface area contributed by atoms with Gasteiger partial charge in [0.1, 0.15) is 0 Å². The van der Waals surface area contributed by atoms with Crippen molar-refractivity contribution >= 4 is 23.2 Å². The Morgan fingerprint density at radius 1 is 1.07 bits per heavy atom. The van der Waals surface area contributed by atoms with Gasteiger partial charge in [-0.3, -0.25) is 9.59 Å². The molecule has 0 aromatic heterocycles. The average molecular weight is 387 g/mol. The second kappa shape index (κ2) is 8.92. The molecule has 1 aromatic rings. The summed E-state index contributed by atoms with van der Waals surface area (Å²) in [5.74, 6) is 0.102. The Morgan fingerprint density at radius 3 is 2.57 bits per heavy atom. The minimum atomic E-state index is -0.103. The molecule has 2 aliphatic heterocycles. The van der Waals surface area contributed by atoms with Crippen LogP contribution < -0.4 is 15.5 Å². The van der Waals surface area contributed by atoms with E-state index in [1.54, 1.807) is 0 Å². The SMILES string of the molecule is O=C(NCC1CCCO1)c1ccc(NC(=O)C2CCC2)cc1N1CCOCC1. The van der Waals surface area contributed by atoms with E-state index in [0.29, 0.717) is 25.3 Å². The standard InChI is InChI=1S/C21H29N3O4/c25-20(15-3-1-4-15)23-16-6-7-18(19(13-16)24-8-11-27-12-9-24)21(26)22-14-17-5-2-10-28-17/h6-7,13,15,17H,1-5,8-12,14H2,(H,22,26)(H,23,25). The van der Waals surface area contributed by atoms with Gasteiger partial charge in [-0.1, -0.05) is 6.42 Å². The number of anilines is 2. The van der Waals surface area contributed by atoms with Gasteiger partial charge in [-0.25, -0.2) is 0 Å². The Balaban J connectivity index is 1.49. The Kier molecular flexibility index (Phi) is 6.12. The monoisotopic (exact) mass is 387 g/mol. The summed E-state index contributed by atoms with van der Waals surface area (Å²) in [4.78, 5) is 27.3. The quantitative estimate of drug-likeness (QED) is 0.782. The second-order valence-electron chi connectivity index (χ2n) is 7.79. The summed E-state index contributed by atoms with van der Waals surface area (Å²) in [5.41, 5.74) is 2.22. The molecule has 2 heterocycles. The maximum absolute atomic E-state index is 12.9. The van der Waals surface area contributed by atoms with Gasteiger partial charge in [0.05, 0.1) is 30.6 Å². The third kappa shape index (κ3) is 4.47. The minimum Gasteiger partial charge on any atom is -0.378 e. The third-order valence-electron chi connectivity index (χ3n) is 5.85. The van der Waals surface area contributed by atoms with E-state index in [1.165, 1.54) is 0 Å². The minimum absolute atomic E-state index is 0.0785. The fourth-order valence-corrected chi connectivity index (χ4v) is 3.89. The van der Waals surface area contributed by atoms with Crippen molar-refractivity contribution in [2.24, 2.45) is 5.92 Å². The first-order chi connectivity index (χ1) is 13.7. The van der Waals surface area contributed by atoms with Crippen LogP contribution in [0.4, 0.5) is 11.4 Å². The molecule has 0 radical (unpaired) electrons. The fraction of sp³-hybridized carbons (Fsp3) is 0.619. The molecule has 4 rings (SSSR count). The van der Waals surface area contributed by atoms with Crippen molar-refractivity contribution in [1.82, 2.24) is 5.32 Å². The first-order valence-corrected chi connectivity index (χ1v) is 10.4. The summed E-state index contributed by atoms with van der Waals surface area (Å²) >= 11 is 0. The Hall–Kier alpha value is -2.12. The fourth-order valence-electron chi connectivity index (χ4n) is 3.89. The lowest BCUT2D eigenvalue weighted by Gasteiger charge is -2.31. The smallest absolute Gasteiger partial charge is 0.253 e.